The van der Waals surface area contributed by atoms with E-state index in [1.54, 1.807) is 31.2 Å². The summed E-state index contributed by atoms with van der Waals surface area (Å²) in [5, 5.41) is 7.24. The van der Waals surface area contributed by atoms with Crippen molar-refractivity contribution in [3.05, 3.63) is 18.2 Å². The molecule has 0 radical (unpaired) electrons. The van der Waals surface area contributed by atoms with Gasteiger partial charge in [-0.3, -0.25) is 4.68 Å². The molecule has 0 fully saturated rings. The first-order valence-electron chi connectivity index (χ1n) is 6.35. The Hall–Kier alpha value is -2.22. The summed E-state index contributed by atoms with van der Waals surface area (Å²) in [6, 6.07) is 1.96. The Bertz CT molecular complexity index is 557. The summed E-state index contributed by atoms with van der Waals surface area (Å²) in [5.41, 5.74) is 0. The predicted molar refractivity (Wildman–Crippen MR) is 72.6 cm³/mol. The number of anilines is 1. The average molecular weight is 278 g/mol. The molecule has 0 atom stereocenters. The van der Waals surface area contributed by atoms with Gasteiger partial charge in [0.25, 0.3) is 0 Å². The van der Waals surface area contributed by atoms with Crippen LogP contribution in [0.1, 0.15) is 19.2 Å². The van der Waals surface area contributed by atoms with Gasteiger partial charge < -0.3 is 14.8 Å². The lowest BCUT2D eigenvalue weighted by Gasteiger charge is -2.08. The van der Waals surface area contributed by atoms with Crippen molar-refractivity contribution in [3.63, 3.8) is 0 Å². The summed E-state index contributed by atoms with van der Waals surface area (Å²) >= 11 is 0. The highest BCUT2D eigenvalue weighted by molar-refractivity contribution is 5.38. The number of methoxy groups -OCH3 is 1. The van der Waals surface area contributed by atoms with Crippen LogP contribution in [0.2, 0.25) is 0 Å². The second kappa shape index (κ2) is 6.80. The fourth-order valence-corrected chi connectivity index (χ4v) is 1.52. The maximum absolute atomic E-state index is 5.52. The minimum absolute atomic E-state index is 0.246. The number of aromatic nitrogens is 5. The molecule has 1 N–H and O–H groups in total. The fourth-order valence-electron chi connectivity index (χ4n) is 1.52. The van der Waals surface area contributed by atoms with Crippen LogP contribution in [0.25, 0.3) is 0 Å². The Labute approximate surface area is 117 Å². The molecule has 0 saturated carbocycles. The third-order valence-corrected chi connectivity index (χ3v) is 2.35. The highest BCUT2D eigenvalue weighted by Gasteiger charge is 2.08. The number of ether oxygens (including phenoxy) is 2. The lowest BCUT2D eigenvalue weighted by molar-refractivity contribution is 0.177. The molecule has 20 heavy (non-hydrogen) atoms. The zero-order valence-corrected chi connectivity index (χ0v) is 11.8. The van der Waals surface area contributed by atoms with Gasteiger partial charge in [-0.15, -0.1) is 5.10 Å². The molecule has 2 aromatic rings. The van der Waals surface area contributed by atoms with Gasteiger partial charge in [-0.1, -0.05) is 6.92 Å². The fraction of sp³-hybridized carbons (Fsp3) is 0.500. The minimum Gasteiger partial charge on any atom is -0.404 e. The molecule has 8 heteroatoms. The van der Waals surface area contributed by atoms with Crippen molar-refractivity contribution >= 4 is 5.82 Å². The third-order valence-electron chi connectivity index (χ3n) is 2.35. The Morgan fingerprint density at radius 2 is 2.20 bits per heavy atom. The zero-order valence-electron chi connectivity index (χ0n) is 11.8. The maximum atomic E-state index is 5.52. The van der Waals surface area contributed by atoms with Crippen molar-refractivity contribution in [3.8, 4) is 11.9 Å². The average Bonchev–Trinajstić information content (AvgIpc) is 2.82. The number of hydrogen-bond acceptors (Lipinski definition) is 7. The van der Waals surface area contributed by atoms with E-state index in [2.05, 4.69) is 32.3 Å². The second-order valence-electron chi connectivity index (χ2n) is 4.17. The Morgan fingerprint density at radius 1 is 1.35 bits per heavy atom. The van der Waals surface area contributed by atoms with E-state index in [1.807, 2.05) is 0 Å². The molecule has 0 bridgehead atoms. The summed E-state index contributed by atoms with van der Waals surface area (Å²) in [6.07, 6.45) is 2.56. The van der Waals surface area contributed by atoms with Gasteiger partial charge in [0.1, 0.15) is 18.8 Å². The highest BCUT2D eigenvalue weighted by atomic mass is 16.5. The molecule has 0 aliphatic carbocycles. The van der Waals surface area contributed by atoms with Crippen molar-refractivity contribution in [1.29, 1.82) is 0 Å². The van der Waals surface area contributed by atoms with Crippen molar-refractivity contribution in [2.45, 2.75) is 20.0 Å². The lowest BCUT2D eigenvalue weighted by Crippen LogP contribution is -2.07. The quantitative estimate of drug-likeness (QED) is 0.818. The molecule has 0 saturated heterocycles. The number of nitrogens with one attached hydrogen (secondary N) is 1. The summed E-state index contributed by atoms with van der Waals surface area (Å²) < 4.78 is 12.1. The molecule has 2 heterocycles. The molecular formula is C12H18N6O2. The number of hydrogen-bond donors (Lipinski definition) is 1. The van der Waals surface area contributed by atoms with Gasteiger partial charge in [0.05, 0.1) is 0 Å². The smallest absolute Gasteiger partial charge is 0.342 e. The van der Waals surface area contributed by atoms with Gasteiger partial charge in [-0.25, -0.2) is 4.98 Å². The van der Waals surface area contributed by atoms with Gasteiger partial charge in [-0.05, 0) is 6.42 Å². The van der Waals surface area contributed by atoms with E-state index in [9.17, 15) is 0 Å². The summed E-state index contributed by atoms with van der Waals surface area (Å²) in [7, 11) is 3.36. The van der Waals surface area contributed by atoms with Gasteiger partial charge in [-0.2, -0.15) is 9.97 Å². The van der Waals surface area contributed by atoms with E-state index in [-0.39, 0.29) is 6.01 Å². The molecule has 0 amide bonds. The van der Waals surface area contributed by atoms with E-state index in [1.165, 1.54) is 0 Å². The van der Waals surface area contributed by atoms with Crippen LogP contribution in [0.5, 0.6) is 11.9 Å². The van der Waals surface area contributed by atoms with E-state index in [0.717, 1.165) is 13.0 Å². The van der Waals surface area contributed by atoms with E-state index in [4.69, 9.17) is 9.47 Å². The molecule has 0 unspecified atom stereocenters. The molecule has 0 aliphatic heterocycles. The highest BCUT2D eigenvalue weighted by Crippen LogP contribution is 2.18. The Morgan fingerprint density at radius 3 is 2.85 bits per heavy atom. The molecule has 8 nitrogen and oxygen atoms in total. The van der Waals surface area contributed by atoms with Gasteiger partial charge >= 0.3 is 6.01 Å². The monoisotopic (exact) mass is 278 g/mol. The third kappa shape index (κ3) is 3.89. The van der Waals surface area contributed by atoms with Crippen molar-refractivity contribution in [1.82, 2.24) is 24.7 Å². The normalized spacial score (nSPS) is 10.6. The standard InChI is InChI=1S/C12H18N6O2/c1-4-5-13-9-6-11(16-10(15-9)7-19-3)20-12-14-8-18(2)17-12/h6,8H,4-5,7H2,1-3H3,(H,13,15,16). The summed E-state index contributed by atoms with van der Waals surface area (Å²) in [5.74, 6) is 1.62. The van der Waals surface area contributed by atoms with Crippen LogP contribution in [0.4, 0.5) is 5.82 Å². The van der Waals surface area contributed by atoms with Gasteiger partial charge in [0, 0.05) is 26.8 Å². The van der Waals surface area contributed by atoms with Crippen molar-refractivity contribution in [2.24, 2.45) is 7.05 Å². The molecule has 0 spiro atoms. The van der Waals surface area contributed by atoms with Crippen molar-refractivity contribution < 1.29 is 9.47 Å². The van der Waals surface area contributed by atoms with Crippen LogP contribution < -0.4 is 10.1 Å². The summed E-state index contributed by atoms with van der Waals surface area (Å²) in [4.78, 5) is 12.6. The lowest BCUT2D eigenvalue weighted by atomic mass is 10.4. The summed E-state index contributed by atoms with van der Waals surface area (Å²) in [6.45, 7) is 3.22. The second-order valence-corrected chi connectivity index (χ2v) is 4.17. The van der Waals surface area contributed by atoms with Crippen LogP contribution in [0.3, 0.4) is 0 Å². The Kier molecular flexibility index (Phi) is 4.83. The molecule has 0 aliphatic rings. The first-order chi connectivity index (χ1) is 9.71. The molecule has 108 valence electrons. The SMILES string of the molecule is CCCNc1cc(Oc2ncn(C)n2)nc(COC)n1. The van der Waals surface area contributed by atoms with Crippen LogP contribution in [-0.4, -0.2) is 38.4 Å². The number of aryl methyl sites for hydroxylation is 1. The van der Waals surface area contributed by atoms with Crippen molar-refractivity contribution in [2.75, 3.05) is 19.0 Å². The first kappa shape index (κ1) is 14.2. The maximum Gasteiger partial charge on any atom is 0.342 e. The molecule has 2 rings (SSSR count). The predicted octanol–water partition coefficient (Wildman–Crippen LogP) is 1.37. The topological polar surface area (TPSA) is 87.0 Å². The van der Waals surface area contributed by atoms with Crippen LogP contribution in [-0.2, 0) is 18.4 Å². The largest absolute Gasteiger partial charge is 0.404 e. The molecule has 0 aromatic carbocycles. The number of rotatable bonds is 7. The minimum atomic E-state index is 0.246. The zero-order chi connectivity index (χ0) is 14.4. The van der Waals surface area contributed by atoms with Gasteiger partial charge in [0.15, 0.2) is 5.82 Å². The van der Waals surface area contributed by atoms with Gasteiger partial charge in [0.2, 0.25) is 5.88 Å². The van der Waals surface area contributed by atoms with E-state index in [0.29, 0.717) is 24.1 Å². The first-order valence-corrected chi connectivity index (χ1v) is 6.35. The Balaban J connectivity index is 2.18. The van der Waals surface area contributed by atoms with Crippen LogP contribution in [0.15, 0.2) is 12.4 Å². The molecular weight excluding hydrogens is 260 g/mol. The van der Waals surface area contributed by atoms with E-state index < -0.39 is 0 Å². The van der Waals surface area contributed by atoms with E-state index >= 15 is 0 Å². The van der Waals surface area contributed by atoms with Crippen LogP contribution >= 0.6 is 0 Å². The van der Waals surface area contributed by atoms with Crippen LogP contribution in [0, 0.1) is 0 Å². The molecule has 2 aromatic heterocycles. The number of nitrogens with zero attached hydrogens (tertiary/aromatic N) is 5.